The molecule has 1 amide bonds. The van der Waals surface area contributed by atoms with Crippen LogP contribution in [0.25, 0.3) is 0 Å². The molecule has 0 aliphatic rings. The lowest BCUT2D eigenvalue weighted by atomic mass is 10.4. The first-order valence-corrected chi connectivity index (χ1v) is 4.16. The fourth-order valence-electron chi connectivity index (χ4n) is 0.784. The molecule has 1 aromatic heterocycles. The molecule has 0 bridgehead atoms. The van der Waals surface area contributed by atoms with Crippen molar-refractivity contribution in [3.8, 4) is 0 Å². The molecule has 0 aliphatic heterocycles. The van der Waals surface area contributed by atoms with E-state index in [1.54, 1.807) is 24.5 Å². The highest BCUT2D eigenvalue weighted by Gasteiger charge is 2.00. The molecule has 4 heteroatoms. The second-order valence-electron chi connectivity index (χ2n) is 2.50. The zero-order chi connectivity index (χ0) is 9.52. The first kappa shape index (κ1) is 9.51. The Bertz CT molecular complexity index is 262. The summed E-state index contributed by atoms with van der Waals surface area (Å²) in [6.45, 7) is 2.39. The second-order valence-corrected chi connectivity index (χ2v) is 2.50. The van der Waals surface area contributed by atoms with Gasteiger partial charge in [0.2, 0.25) is 0 Å². The first-order valence-electron chi connectivity index (χ1n) is 4.16. The third-order valence-electron chi connectivity index (χ3n) is 1.36. The minimum absolute atomic E-state index is 0.423. The molecule has 0 fully saturated rings. The molecular formula is C9H12N2O2. The Morgan fingerprint density at radius 1 is 1.54 bits per heavy atom. The second kappa shape index (κ2) is 5.13. The Balaban J connectivity index is 2.37. The molecule has 0 saturated carbocycles. The lowest BCUT2D eigenvalue weighted by molar-refractivity contribution is 0.161. The molecule has 0 atom stereocenters. The monoisotopic (exact) mass is 180 g/mol. The number of carbonyl (C=O) groups is 1. The van der Waals surface area contributed by atoms with E-state index in [1.807, 2.05) is 6.92 Å². The molecule has 0 aromatic carbocycles. The number of nitrogens with zero attached hydrogens (tertiary/aromatic N) is 1. The molecule has 0 radical (unpaired) electrons. The van der Waals surface area contributed by atoms with Gasteiger partial charge in [-0.1, -0.05) is 6.92 Å². The average molecular weight is 180 g/mol. The zero-order valence-corrected chi connectivity index (χ0v) is 7.49. The standard InChI is InChI=1S/C9H12N2O2/c1-2-7-13-9(12)11-8-3-5-10-6-4-8/h3-6H,2,7H2,1H3,(H,10,11,12). The van der Waals surface area contributed by atoms with E-state index < -0.39 is 6.09 Å². The van der Waals surface area contributed by atoms with Crippen molar-refractivity contribution in [3.05, 3.63) is 24.5 Å². The van der Waals surface area contributed by atoms with Crippen molar-refractivity contribution in [2.45, 2.75) is 13.3 Å². The first-order chi connectivity index (χ1) is 6.33. The molecule has 0 unspecified atom stereocenters. The minimum Gasteiger partial charge on any atom is -0.449 e. The Hall–Kier alpha value is -1.58. The Kier molecular flexibility index (Phi) is 3.75. The number of aromatic nitrogens is 1. The van der Waals surface area contributed by atoms with Gasteiger partial charge in [-0.25, -0.2) is 4.79 Å². The van der Waals surface area contributed by atoms with Gasteiger partial charge in [-0.2, -0.15) is 0 Å². The van der Waals surface area contributed by atoms with Gasteiger partial charge in [-0.15, -0.1) is 0 Å². The van der Waals surface area contributed by atoms with Crippen molar-refractivity contribution in [2.24, 2.45) is 0 Å². The van der Waals surface area contributed by atoms with Crippen LogP contribution in [0.2, 0.25) is 0 Å². The number of hydrogen-bond acceptors (Lipinski definition) is 3. The predicted octanol–water partition coefficient (Wildman–Crippen LogP) is 2.04. The largest absolute Gasteiger partial charge is 0.449 e. The number of amides is 1. The van der Waals surface area contributed by atoms with E-state index in [9.17, 15) is 4.79 Å². The van der Waals surface area contributed by atoms with E-state index in [0.717, 1.165) is 6.42 Å². The summed E-state index contributed by atoms with van der Waals surface area (Å²) in [6.07, 6.45) is 3.61. The fourth-order valence-corrected chi connectivity index (χ4v) is 0.784. The molecule has 1 rings (SSSR count). The van der Waals surface area contributed by atoms with Gasteiger partial charge < -0.3 is 4.74 Å². The summed E-state index contributed by atoms with van der Waals surface area (Å²) in [5.74, 6) is 0. The van der Waals surface area contributed by atoms with Crippen LogP contribution in [0.3, 0.4) is 0 Å². The van der Waals surface area contributed by atoms with E-state index in [0.29, 0.717) is 12.3 Å². The van der Waals surface area contributed by atoms with Crippen molar-refractivity contribution in [1.82, 2.24) is 4.98 Å². The van der Waals surface area contributed by atoms with Crippen LogP contribution in [0.4, 0.5) is 10.5 Å². The smallest absolute Gasteiger partial charge is 0.411 e. The molecule has 70 valence electrons. The van der Waals surface area contributed by atoms with Gasteiger partial charge in [0.25, 0.3) is 0 Å². The van der Waals surface area contributed by atoms with Crippen LogP contribution in [0, 0.1) is 0 Å². The summed E-state index contributed by atoms with van der Waals surface area (Å²) < 4.78 is 4.82. The quantitative estimate of drug-likeness (QED) is 0.774. The molecule has 0 spiro atoms. The highest BCUT2D eigenvalue weighted by atomic mass is 16.5. The highest BCUT2D eigenvalue weighted by molar-refractivity contribution is 5.84. The van der Waals surface area contributed by atoms with Gasteiger partial charge in [0.1, 0.15) is 0 Å². The van der Waals surface area contributed by atoms with E-state index in [2.05, 4.69) is 10.3 Å². The molecule has 1 aromatic rings. The number of ether oxygens (including phenoxy) is 1. The van der Waals surface area contributed by atoms with E-state index in [4.69, 9.17) is 4.74 Å². The van der Waals surface area contributed by atoms with Crippen molar-refractivity contribution in [1.29, 1.82) is 0 Å². The lowest BCUT2D eigenvalue weighted by Crippen LogP contribution is -2.13. The normalized spacial score (nSPS) is 9.31. The molecular weight excluding hydrogens is 168 g/mol. The molecule has 0 saturated heterocycles. The maximum absolute atomic E-state index is 11.0. The average Bonchev–Trinajstić information content (AvgIpc) is 2.16. The molecule has 0 aliphatic carbocycles. The van der Waals surface area contributed by atoms with Crippen LogP contribution in [-0.2, 0) is 4.74 Å². The van der Waals surface area contributed by atoms with Gasteiger partial charge in [0.15, 0.2) is 0 Å². The number of hydrogen-bond donors (Lipinski definition) is 1. The van der Waals surface area contributed by atoms with Gasteiger partial charge in [-0.3, -0.25) is 10.3 Å². The van der Waals surface area contributed by atoms with Crippen molar-refractivity contribution < 1.29 is 9.53 Å². The number of nitrogens with one attached hydrogen (secondary N) is 1. The summed E-state index contributed by atoms with van der Waals surface area (Å²) in [4.78, 5) is 14.8. The summed E-state index contributed by atoms with van der Waals surface area (Å²) in [5, 5.41) is 2.58. The number of rotatable bonds is 3. The Labute approximate surface area is 76.9 Å². The predicted molar refractivity (Wildman–Crippen MR) is 49.5 cm³/mol. The number of pyridine rings is 1. The summed E-state index contributed by atoms with van der Waals surface area (Å²) >= 11 is 0. The topological polar surface area (TPSA) is 51.2 Å². The highest BCUT2D eigenvalue weighted by Crippen LogP contribution is 2.03. The summed E-state index contributed by atoms with van der Waals surface area (Å²) in [6, 6.07) is 3.40. The van der Waals surface area contributed by atoms with E-state index >= 15 is 0 Å². The number of carbonyl (C=O) groups excluding carboxylic acids is 1. The third kappa shape index (κ3) is 3.55. The van der Waals surface area contributed by atoms with Crippen LogP contribution in [0.15, 0.2) is 24.5 Å². The SMILES string of the molecule is CCCOC(=O)Nc1ccncc1. The van der Waals surface area contributed by atoms with Crippen LogP contribution < -0.4 is 5.32 Å². The van der Waals surface area contributed by atoms with Gasteiger partial charge in [0, 0.05) is 18.1 Å². The van der Waals surface area contributed by atoms with Crippen molar-refractivity contribution >= 4 is 11.8 Å². The fraction of sp³-hybridized carbons (Fsp3) is 0.333. The lowest BCUT2D eigenvalue weighted by Gasteiger charge is -2.04. The third-order valence-corrected chi connectivity index (χ3v) is 1.36. The summed E-state index contributed by atoms with van der Waals surface area (Å²) in [7, 11) is 0. The molecule has 4 nitrogen and oxygen atoms in total. The Morgan fingerprint density at radius 2 is 2.23 bits per heavy atom. The van der Waals surface area contributed by atoms with Crippen LogP contribution in [-0.4, -0.2) is 17.7 Å². The van der Waals surface area contributed by atoms with Crippen molar-refractivity contribution in [3.63, 3.8) is 0 Å². The molecule has 13 heavy (non-hydrogen) atoms. The van der Waals surface area contributed by atoms with Gasteiger partial charge >= 0.3 is 6.09 Å². The Morgan fingerprint density at radius 3 is 2.85 bits per heavy atom. The minimum atomic E-state index is -0.423. The van der Waals surface area contributed by atoms with Crippen LogP contribution in [0.1, 0.15) is 13.3 Å². The van der Waals surface area contributed by atoms with Crippen molar-refractivity contribution in [2.75, 3.05) is 11.9 Å². The molecule has 1 N–H and O–H groups in total. The summed E-state index contributed by atoms with van der Waals surface area (Å²) in [5.41, 5.74) is 0.691. The van der Waals surface area contributed by atoms with Crippen LogP contribution >= 0.6 is 0 Å². The van der Waals surface area contributed by atoms with E-state index in [1.165, 1.54) is 0 Å². The van der Waals surface area contributed by atoms with Crippen LogP contribution in [0.5, 0.6) is 0 Å². The van der Waals surface area contributed by atoms with E-state index in [-0.39, 0.29) is 0 Å². The van der Waals surface area contributed by atoms with Gasteiger partial charge in [-0.05, 0) is 18.6 Å². The zero-order valence-electron chi connectivity index (χ0n) is 7.49. The van der Waals surface area contributed by atoms with Gasteiger partial charge in [0.05, 0.1) is 6.61 Å². The molecule has 1 heterocycles. The number of anilines is 1. The maximum atomic E-state index is 11.0. The maximum Gasteiger partial charge on any atom is 0.411 e.